The van der Waals surface area contributed by atoms with Crippen molar-refractivity contribution in [2.24, 2.45) is 0 Å². The highest BCUT2D eigenvalue weighted by Crippen LogP contribution is 2.24. The topological polar surface area (TPSA) is 106 Å². The van der Waals surface area contributed by atoms with Crippen LogP contribution in [-0.4, -0.2) is 32.1 Å². The molecule has 1 aromatic heterocycles. The minimum Gasteiger partial charge on any atom is -0.452 e. The molecule has 0 saturated heterocycles. The van der Waals surface area contributed by atoms with E-state index in [9.17, 15) is 18.0 Å². The van der Waals surface area contributed by atoms with E-state index in [1.54, 1.807) is 10.8 Å². The number of methoxy groups -OCH3 is 1. The Hall–Kier alpha value is -3.04. The van der Waals surface area contributed by atoms with Crippen LogP contribution in [0.25, 0.3) is 10.9 Å². The van der Waals surface area contributed by atoms with Crippen molar-refractivity contribution in [2.45, 2.75) is 17.9 Å². The van der Waals surface area contributed by atoms with E-state index in [-0.39, 0.29) is 17.2 Å². The lowest BCUT2D eigenvalue weighted by atomic mass is 10.2. The second-order valence-corrected chi connectivity index (χ2v) is 8.20. The molecule has 1 heterocycles. The van der Waals surface area contributed by atoms with Crippen LogP contribution in [0, 0.1) is 0 Å². The zero-order chi connectivity index (χ0) is 21.0. The molecule has 10 heteroatoms. The van der Waals surface area contributed by atoms with E-state index in [1.807, 2.05) is 29.0 Å². The van der Waals surface area contributed by atoms with Crippen LogP contribution in [-0.2, 0) is 26.1 Å². The van der Waals surface area contributed by atoms with E-state index in [0.29, 0.717) is 17.3 Å². The summed E-state index contributed by atoms with van der Waals surface area (Å²) in [6.07, 6.45) is 0.997. The fraction of sp³-hybridized carbons (Fsp3) is 0.158. The summed E-state index contributed by atoms with van der Waals surface area (Å²) in [4.78, 5) is 23.2. The van der Waals surface area contributed by atoms with Gasteiger partial charge in [0.2, 0.25) is 5.91 Å². The third-order valence-corrected chi connectivity index (χ3v) is 5.80. The first kappa shape index (κ1) is 20.7. The van der Waals surface area contributed by atoms with E-state index < -0.39 is 16.1 Å². The van der Waals surface area contributed by atoms with Gasteiger partial charge in [0.05, 0.1) is 22.5 Å². The van der Waals surface area contributed by atoms with Crippen molar-refractivity contribution < 1.29 is 22.7 Å². The zero-order valence-electron chi connectivity index (χ0n) is 15.4. The monoisotopic (exact) mass is 435 g/mol. The highest BCUT2D eigenvalue weighted by atomic mass is 35.5. The number of benzene rings is 2. The van der Waals surface area contributed by atoms with Crippen molar-refractivity contribution >= 4 is 50.2 Å². The van der Waals surface area contributed by atoms with Crippen molar-refractivity contribution in [1.29, 1.82) is 0 Å². The van der Waals surface area contributed by atoms with Crippen LogP contribution in [0.5, 0.6) is 0 Å². The summed E-state index contributed by atoms with van der Waals surface area (Å²) in [6, 6.07) is 13.0. The number of hydrogen-bond donors (Lipinski definition) is 2. The normalized spacial score (nSPS) is 11.2. The lowest BCUT2D eigenvalue weighted by Gasteiger charge is -2.09. The molecular formula is C19H18ClN3O5S. The number of halogens is 1. The first-order valence-electron chi connectivity index (χ1n) is 8.54. The third-order valence-electron chi connectivity index (χ3n) is 4.17. The number of fused-ring (bicyclic) bond motifs is 1. The van der Waals surface area contributed by atoms with Gasteiger partial charge in [-0.15, -0.1) is 0 Å². The van der Waals surface area contributed by atoms with Crippen molar-refractivity contribution in [3.8, 4) is 0 Å². The largest absolute Gasteiger partial charge is 0.452 e. The average Bonchev–Trinajstić information content (AvgIpc) is 3.11. The first-order chi connectivity index (χ1) is 13.8. The van der Waals surface area contributed by atoms with E-state index in [4.69, 9.17) is 11.6 Å². The maximum atomic E-state index is 12.2. The number of hydrogen-bond acceptors (Lipinski definition) is 5. The highest BCUT2D eigenvalue weighted by Gasteiger charge is 2.17. The van der Waals surface area contributed by atoms with E-state index in [2.05, 4.69) is 10.1 Å². The van der Waals surface area contributed by atoms with Gasteiger partial charge in [-0.05, 0) is 36.4 Å². The van der Waals surface area contributed by atoms with Gasteiger partial charge >= 0.3 is 6.09 Å². The Labute approximate surface area is 172 Å². The molecule has 8 nitrogen and oxygen atoms in total. The smallest absolute Gasteiger partial charge is 0.420 e. The molecule has 2 amide bonds. The quantitative estimate of drug-likeness (QED) is 0.617. The summed E-state index contributed by atoms with van der Waals surface area (Å²) in [5.41, 5.74) is 1.30. The standard InChI is InChI=1S/C19H18ClN3O5S/c1-28-19(25)22-29(26,27)15-7-5-14(6-8-15)21-17(24)10-12-23-11-9-13-3-2-4-16(20)18(13)23/h2-9,11H,10,12H2,1H3,(H,21,24)(H,22,25). The van der Waals surface area contributed by atoms with Crippen LogP contribution in [0.4, 0.5) is 10.5 Å². The summed E-state index contributed by atoms with van der Waals surface area (Å²) in [6.45, 7) is 0.439. The lowest BCUT2D eigenvalue weighted by molar-refractivity contribution is -0.116. The first-order valence-corrected chi connectivity index (χ1v) is 10.4. The molecule has 0 fully saturated rings. The van der Waals surface area contributed by atoms with Gasteiger partial charge in [0.1, 0.15) is 0 Å². The summed E-state index contributed by atoms with van der Waals surface area (Å²) >= 11 is 6.24. The number of amides is 2. The van der Waals surface area contributed by atoms with Gasteiger partial charge in [0, 0.05) is 30.2 Å². The Kier molecular flexibility index (Phi) is 6.09. The summed E-state index contributed by atoms with van der Waals surface area (Å²) in [5, 5.41) is 4.32. The van der Waals surface area contributed by atoms with Crippen LogP contribution in [0.3, 0.4) is 0 Å². The van der Waals surface area contributed by atoms with Crippen LogP contribution in [0.1, 0.15) is 6.42 Å². The molecule has 0 aliphatic carbocycles. The fourth-order valence-corrected chi connectivity index (χ4v) is 3.98. The SMILES string of the molecule is COC(=O)NS(=O)(=O)c1ccc(NC(=O)CCn2ccc3cccc(Cl)c32)cc1. The zero-order valence-corrected chi connectivity index (χ0v) is 17.0. The van der Waals surface area contributed by atoms with Crippen LogP contribution < -0.4 is 10.0 Å². The predicted octanol–water partition coefficient (Wildman–Crippen LogP) is 3.37. The molecule has 0 aliphatic heterocycles. The molecule has 2 aromatic carbocycles. The number of rotatable bonds is 6. The number of para-hydroxylation sites is 1. The van der Waals surface area contributed by atoms with Gasteiger partial charge in [-0.3, -0.25) is 4.79 Å². The maximum Gasteiger partial charge on any atom is 0.420 e. The number of carbonyl (C=O) groups is 2. The number of anilines is 1. The van der Waals surface area contributed by atoms with Gasteiger partial charge in [-0.2, -0.15) is 0 Å². The van der Waals surface area contributed by atoms with Crippen LogP contribution >= 0.6 is 11.6 Å². The molecule has 3 rings (SSSR count). The van der Waals surface area contributed by atoms with E-state index in [1.165, 1.54) is 24.3 Å². The molecule has 0 aliphatic rings. The van der Waals surface area contributed by atoms with Gasteiger partial charge in [0.15, 0.2) is 0 Å². The molecule has 3 aromatic rings. The lowest BCUT2D eigenvalue weighted by Crippen LogP contribution is -2.30. The molecule has 0 radical (unpaired) electrons. The van der Waals surface area contributed by atoms with Crippen LogP contribution in [0.15, 0.2) is 59.6 Å². The molecule has 0 saturated carbocycles. The van der Waals surface area contributed by atoms with Crippen LogP contribution in [0.2, 0.25) is 5.02 Å². The molecule has 0 spiro atoms. The van der Waals surface area contributed by atoms with Gasteiger partial charge in [-0.1, -0.05) is 23.7 Å². The number of carbonyl (C=O) groups excluding carboxylic acids is 2. The Balaban J connectivity index is 1.61. The fourth-order valence-electron chi connectivity index (χ4n) is 2.77. The van der Waals surface area contributed by atoms with Gasteiger partial charge in [-0.25, -0.2) is 17.9 Å². The Morgan fingerprint density at radius 1 is 1.10 bits per heavy atom. The molecule has 152 valence electrons. The molecular weight excluding hydrogens is 418 g/mol. The number of ether oxygens (including phenoxy) is 1. The second-order valence-electron chi connectivity index (χ2n) is 6.11. The van der Waals surface area contributed by atoms with Crippen molar-refractivity contribution in [2.75, 3.05) is 12.4 Å². The summed E-state index contributed by atoms with van der Waals surface area (Å²) in [5.74, 6) is -0.234. The molecule has 29 heavy (non-hydrogen) atoms. The molecule has 2 N–H and O–H groups in total. The number of sulfonamides is 1. The van der Waals surface area contributed by atoms with E-state index in [0.717, 1.165) is 18.0 Å². The minimum atomic E-state index is -4.03. The van der Waals surface area contributed by atoms with Gasteiger partial charge in [0.25, 0.3) is 10.0 Å². The Bertz CT molecular complexity index is 1160. The second kappa shape index (κ2) is 8.54. The van der Waals surface area contributed by atoms with Crippen molar-refractivity contribution in [3.05, 3.63) is 59.8 Å². The molecule has 0 bridgehead atoms. The van der Waals surface area contributed by atoms with Crippen molar-refractivity contribution in [3.63, 3.8) is 0 Å². The summed E-state index contributed by atoms with van der Waals surface area (Å²) < 4.78 is 31.9. The number of aromatic nitrogens is 1. The molecule has 0 atom stereocenters. The van der Waals surface area contributed by atoms with Gasteiger partial charge < -0.3 is 14.6 Å². The maximum absolute atomic E-state index is 12.2. The average molecular weight is 436 g/mol. The van der Waals surface area contributed by atoms with Crippen molar-refractivity contribution in [1.82, 2.24) is 9.29 Å². The number of nitrogens with zero attached hydrogens (tertiary/aromatic N) is 1. The molecule has 0 unspecified atom stereocenters. The highest BCUT2D eigenvalue weighted by molar-refractivity contribution is 7.90. The Morgan fingerprint density at radius 3 is 2.52 bits per heavy atom. The summed E-state index contributed by atoms with van der Waals surface area (Å²) in [7, 11) is -2.97. The number of aryl methyl sites for hydroxylation is 1. The minimum absolute atomic E-state index is 0.130. The van der Waals surface area contributed by atoms with E-state index >= 15 is 0 Å². The third kappa shape index (κ3) is 4.87. The Morgan fingerprint density at radius 2 is 1.83 bits per heavy atom. The predicted molar refractivity (Wildman–Crippen MR) is 109 cm³/mol. The number of nitrogens with one attached hydrogen (secondary N) is 2.